The summed E-state index contributed by atoms with van der Waals surface area (Å²) in [5.41, 5.74) is -0.676. The minimum absolute atomic E-state index is 0.0855. The predicted octanol–water partition coefficient (Wildman–Crippen LogP) is 3.34. The van der Waals surface area contributed by atoms with E-state index < -0.39 is 5.60 Å². The molecule has 0 unspecified atom stereocenters. The number of carbonyl (C=O) groups excluding carboxylic acids is 1. The lowest BCUT2D eigenvalue weighted by molar-refractivity contribution is 0.00517. The van der Waals surface area contributed by atoms with Crippen LogP contribution in [0.4, 0.5) is 0 Å². The number of nitrogens with zero attached hydrogens (tertiary/aromatic N) is 1. The maximum Gasteiger partial charge on any atom is 0.273 e. The SMILES string of the molecule is COc1cc(Cl)ccc1OCc1cc(C(=O)NCC2(O)CCCCC2)no1. The molecule has 0 aliphatic heterocycles. The van der Waals surface area contributed by atoms with Crippen molar-refractivity contribution in [2.24, 2.45) is 0 Å². The Bertz CT molecular complexity index is 786. The van der Waals surface area contributed by atoms with Gasteiger partial charge in [-0.15, -0.1) is 0 Å². The van der Waals surface area contributed by atoms with Gasteiger partial charge in [-0.1, -0.05) is 36.0 Å². The molecule has 0 saturated heterocycles. The number of benzene rings is 1. The van der Waals surface area contributed by atoms with Gasteiger partial charge >= 0.3 is 0 Å². The zero-order valence-corrected chi connectivity index (χ0v) is 15.9. The summed E-state index contributed by atoms with van der Waals surface area (Å²) >= 11 is 5.92. The lowest BCUT2D eigenvalue weighted by Crippen LogP contribution is -2.44. The molecule has 1 aliphatic carbocycles. The van der Waals surface area contributed by atoms with Gasteiger partial charge in [0, 0.05) is 23.7 Å². The topological polar surface area (TPSA) is 93.8 Å². The summed E-state index contributed by atoms with van der Waals surface area (Å²) in [6.07, 6.45) is 4.49. The second-order valence-corrected chi connectivity index (χ2v) is 7.17. The van der Waals surface area contributed by atoms with Crippen molar-refractivity contribution in [3.05, 3.63) is 40.7 Å². The molecule has 1 aliphatic rings. The van der Waals surface area contributed by atoms with Crippen molar-refractivity contribution in [1.82, 2.24) is 10.5 Å². The van der Waals surface area contributed by atoms with Gasteiger partial charge in [-0.25, -0.2) is 0 Å². The molecule has 8 heteroatoms. The average Bonchev–Trinajstić information content (AvgIpc) is 3.15. The van der Waals surface area contributed by atoms with E-state index in [4.69, 9.17) is 25.6 Å². The number of rotatable bonds is 7. The summed E-state index contributed by atoms with van der Waals surface area (Å²) in [5.74, 6) is 1.02. The standard InChI is InChI=1S/C19H23ClN2O5/c1-25-17-9-13(20)5-6-16(17)26-11-14-10-15(22-27-14)18(23)21-12-19(24)7-3-2-4-8-19/h5-6,9-10,24H,2-4,7-8,11-12H2,1H3,(H,21,23). The van der Waals surface area contributed by atoms with Gasteiger partial charge in [0.25, 0.3) is 5.91 Å². The van der Waals surface area contributed by atoms with Crippen molar-refractivity contribution in [2.75, 3.05) is 13.7 Å². The summed E-state index contributed by atoms with van der Waals surface area (Å²) in [6, 6.07) is 6.54. The highest BCUT2D eigenvalue weighted by molar-refractivity contribution is 6.30. The molecule has 1 aromatic carbocycles. The normalized spacial score (nSPS) is 16.0. The minimum Gasteiger partial charge on any atom is -0.493 e. The van der Waals surface area contributed by atoms with Gasteiger partial charge < -0.3 is 24.4 Å². The van der Waals surface area contributed by atoms with Crippen molar-refractivity contribution in [3.63, 3.8) is 0 Å². The van der Waals surface area contributed by atoms with E-state index in [9.17, 15) is 9.90 Å². The maximum absolute atomic E-state index is 12.2. The Hall–Kier alpha value is -2.25. The molecule has 1 amide bonds. The highest BCUT2D eigenvalue weighted by Crippen LogP contribution is 2.30. The van der Waals surface area contributed by atoms with Crippen molar-refractivity contribution >= 4 is 17.5 Å². The molecule has 27 heavy (non-hydrogen) atoms. The number of aliphatic hydroxyl groups is 1. The summed E-state index contributed by atoms with van der Waals surface area (Å²) in [5, 5.41) is 17.5. The first-order valence-corrected chi connectivity index (χ1v) is 9.29. The van der Waals surface area contributed by atoms with Gasteiger partial charge in [-0.2, -0.15) is 0 Å². The van der Waals surface area contributed by atoms with E-state index in [0.717, 1.165) is 19.3 Å². The van der Waals surface area contributed by atoms with Crippen LogP contribution in [0.1, 0.15) is 48.4 Å². The fraction of sp³-hybridized carbons (Fsp3) is 0.474. The quantitative estimate of drug-likeness (QED) is 0.748. The lowest BCUT2D eigenvalue weighted by atomic mass is 9.85. The molecule has 2 aromatic rings. The van der Waals surface area contributed by atoms with E-state index in [2.05, 4.69) is 10.5 Å². The molecule has 1 aromatic heterocycles. The molecule has 2 N–H and O–H groups in total. The Morgan fingerprint density at radius 2 is 2.07 bits per heavy atom. The molecule has 0 atom stereocenters. The van der Waals surface area contributed by atoms with Crippen LogP contribution in [-0.4, -0.2) is 35.4 Å². The van der Waals surface area contributed by atoms with E-state index in [1.807, 2.05) is 0 Å². The van der Waals surface area contributed by atoms with Gasteiger partial charge in [0.1, 0.15) is 6.61 Å². The maximum atomic E-state index is 12.2. The first-order valence-electron chi connectivity index (χ1n) is 8.92. The van der Waals surface area contributed by atoms with E-state index in [-0.39, 0.29) is 24.8 Å². The highest BCUT2D eigenvalue weighted by atomic mass is 35.5. The number of amides is 1. The van der Waals surface area contributed by atoms with E-state index in [1.54, 1.807) is 18.2 Å². The fourth-order valence-electron chi connectivity index (χ4n) is 3.12. The third-order valence-corrected chi connectivity index (χ3v) is 4.88. The number of hydrogen-bond donors (Lipinski definition) is 2. The van der Waals surface area contributed by atoms with Crippen LogP contribution in [-0.2, 0) is 6.61 Å². The largest absolute Gasteiger partial charge is 0.493 e. The monoisotopic (exact) mass is 394 g/mol. The van der Waals surface area contributed by atoms with Gasteiger partial charge in [0.15, 0.2) is 23.0 Å². The second-order valence-electron chi connectivity index (χ2n) is 6.73. The molecule has 0 bridgehead atoms. The van der Waals surface area contributed by atoms with Gasteiger partial charge in [0.05, 0.1) is 12.7 Å². The molecule has 0 radical (unpaired) electrons. The molecule has 1 fully saturated rings. The number of hydrogen-bond acceptors (Lipinski definition) is 6. The summed E-state index contributed by atoms with van der Waals surface area (Å²) in [4.78, 5) is 12.2. The first kappa shape index (κ1) is 19.5. The minimum atomic E-state index is -0.825. The zero-order valence-electron chi connectivity index (χ0n) is 15.2. The Morgan fingerprint density at radius 1 is 1.30 bits per heavy atom. The molecule has 1 heterocycles. The summed E-state index contributed by atoms with van der Waals surface area (Å²) in [7, 11) is 1.52. The summed E-state index contributed by atoms with van der Waals surface area (Å²) in [6.45, 7) is 0.300. The van der Waals surface area contributed by atoms with Gasteiger partial charge in [-0.3, -0.25) is 4.79 Å². The van der Waals surface area contributed by atoms with Crippen molar-refractivity contribution < 1.29 is 23.9 Å². The molecular weight excluding hydrogens is 372 g/mol. The number of nitrogens with one attached hydrogen (secondary N) is 1. The van der Waals surface area contributed by atoms with Crippen molar-refractivity contribution in [1.29, 1.82) is 0 Å². The Labute approximate surface area is 162 Å². The highest BCUT2D eigenvalue weighted by Gasteiger charge is 2.30. The Morgan fingerprint density at radius 3 is 2.81 bits per heavy atom. The second kappa shape index (κ2) is 8.63. The predicted molar refractivity (Wildman–Crippen MR) is 99.2 cm³/mol. The average molecular weight is 395 g/mol. The fourth-order valence-corrected chi connectivity index (χ4v) is 3.28. The lowest BCUT2D eigenvalue weighted by Gasteiger charge is -2.31. The third kappa shape index (κ3) is 5.14. The third-order valence-electron chi connectivity index (χ3n) is 4.65. The van der Waals surface area contributed by atoms with Gasteiger partial charge in [-0.05, 0) is 25.0 Å². The molecular formula is C19H23ClN2O5. The van der Waals surface area contributed by atoms with Crippen molar-refractivity contribution in [2.45, 2.75) is 44.3 Å². The number of ether oxygens (including phenoxy) is 2. The number of carbonyl (C=O) groups is 1. The van der Waals surface area contributed by atoms with Crippen LogP contribution in [0.3, 0.4) is 0 Å². The van der Waals surface area contributed by atoms with E-state index >= 15 is 0 Å². The van der Waals surface area contributed by atoms with Crippen LogP contribution in [0.5, 0.6) is 11.5 Å². The molecule has 7 nitrogen and oxygen atoms in total. The van der Waals surface area contributed by atoms with Crippen LogP contribution < -0.4 is 14.8 Å². The molecule has 3 rings (SSSR count). The number of methoxy groups -OCH3 is 1. The van der Waals surface area contributed by atoms with Crippen LogP contribution in [0.2, 0.25) is 5.02 Å². The van der Waals surface area contributed by atoms with Crippen LogP contribution in [0, 0.1) is 0 Å². The molecule has 146 valence electrons. The van der Waals surface area contributed by atoms with Crippen LogP contribution >= 0.6 is 11.6 Å². The van der Waals surface area contributed by atoms with E-state index in [0.29, 0.717) is 35.1 Å². The van der Waals surface area contributed by atoms with E-state index in [1.165, 1.54) is 13.2 Å². The smallest absolute Gasteiger partial charge is 0.273 e. The summed E-state index contributed by atoms with van der Waals surface area (Å²) < 4.78 is 16.0. The number of aromatic nitrogens is 1. The van der Waals surface area contributed by atoms with Crippen LogP contribution in [0.25, 0.3) is 0 Å². The Kier molecular flexibility index (Phi) is 6.23. The zero-order chi connectivity index (χ0) is 19.3. The first-order chi connectivity index (χ1) is 13.0. The Balaban J connectivity index is 1.54. The van der Waals surface area contributed by atoms with Crippen molar-refractivity contribution in [3.8, 4) is 11.5 Å². The van der Waals surface area contributed by atoms with Crippen LogP contribution in [0.15, 0.2) is 28.8 Å². The molecule has 0 spiro atoms. The number of halogens is 1. The molecule has 1 saturated carbocycles. The van der Waals surface area contributed by atoms with Gasteiger partial charge in [0.2, 0.25) is 0 Å².